The Labute approximate surface area is 103 Å². The number of hydrogen-bond donors (Lipinski definition) is 2. The molecule has 0 radical (unpaired) electrons. The lowest BCUT2D eigenvalue weighted by Gasteiger charge is -2.13. The predicted molar refractivity (Wildman–Crippen MR) is 63.7 cm³/mol. The van der Waals surface area contributed by atoms with E-state index in [1.54, 1.807) is 12.1 Å². The van der Waals surface area contributed by atoms with Crippen molar-refractivity contribution in [2.24, 2.45) is 0 Å². The van der Waals surface area contributed by atoms with Crippen molar-refractivity contribution in [1.29, 1.82) is 0 Å². The lowest BCUT2D eigenvalue weighted by atomic mass is 10.1. The average Bonchev–Trinajstić information content (AvgIpc) is 2.83. The van der Waals surface area contributed by atoms with E-state index in [0.717, 1.165) is 5.56 Å². The molecule has 2 N–H and O–H groups in total. The highest BCUT2D eigenvalue weighted by Gasteiger charge is 2.13. The predicted octanol–water partition coefficient (Wildman–Crippen LogP) is 1.95. The molecule has 0 aliphatic rings. The molecule has 1 unspecified atom stereocenters. The van der Waals surface area contributed by atoms with Gasteiger partial charge in [0.25, 0.3) is 5.91 Å². The van der Waals surface area contributed by atoms with Gasteiger partial charge in [0.05, 0.1) is 6.04 Å². The number of nitrogens with zero attached hydrogens (tertiary/aromatic N) is 2. The molecule has 0 aliphatic heterocycles. The lowest BCUT2D eigenvalue weighted by Crippen LogP contribution is -2.27. The summed E-state index contributed by atoms with van der Waals surface area (Å²) in [5, 5.41) is 9.60. The van der Waals surface area contributed by atoms with Gasteiger partial charge in [0.15, 0.2) is 0 Å². The monoisotopic (exact) mass is 250 g/mol. The molecular weight excluding hydrogens is 240 g/mol. The van der Waals surface area contributed by atoms with E-state index in [4.69, 9.17) is 11.6 Å². The molecule has 0 bridgehead atoms. The van der Waals surface area contributed by atoms with Crippen molar-refractivity contribution in [2.45, 2.75) is 13.0 Å². The number of hydrogen-bond acceptors (Lipinski definition) is 3. The number of halogens is 1. The van der Waals surface area contributed by atoms with Crippen molar-refractivity contribution in [3.63, 3.8) is 0 Å². The summed E-state index contributed by atoms with van der Waals surface area (Å²) >= 11 is 5.79. The van der Waals surface area contributed by atoms with Gasteiger partial charge in [-0.2, -0.15) is 5.10 Å². The number of rotatable bonds is 3. The first-order chi connectivity index (χ1) is 8.16. The van der Waals surface area contributed by atoms with E-state index >= 15 is 0 Å². The second kappa shape index (κ2) is 4.97. The van der Waals surface area contributed by atoms with Gasteiger partial charge in [0, 0.05) is 5.02 Å². The first kappa shape index (κ1) is 11.6. The molecule has 17 heavy (non-hydrogen) atoms. The minimum atomic E-state index is -0.287. The highest BCUT2D eigenvalue weighted by atomic mass is 35.5. The fourth-order valence-electron chi connectivity index (χ4n) is 1.41. The Morgan fingerprint density at radius 1 is 1.41 bits per heavy atom. The van der Waals surface area contributed by atoms with Gasteiger partial charge in [-0.3, -0.25) is 9.89 Å². The van der Waals surface area contributed by atoms with Gasteiger partial charge < -0.3 is 5.32 Å². The highest BCUT2D eigenvalue weighted by Crippen LogP contribution is 2.16. The van der Waals surface area contributed by atoms with Gasteiger partial charge in [-0.1, -0.05) is 23.7 Å². The summed E-state index contributed by atoms with van der Waals surface area (Å²) in [7, 11) is 0. The lowest BCUT2D eigenvalue weighted by molar-refractivity contribution is 0.0930. The van der Waals surface area contributed by atoms with Crippen LogP contribution < -0.4 is 5.32 Å². The van der Waals surface area contributed by atoms with Crippen LogP contribution in [0.25, 0.3) is 0 Å². The number of carbonyl (C=O) groups excluding carboxylic acids is 1. The molecule has 1 aromatic heterocycles. The standard InChI is InChI=1S/C11H11ClN4O/c1-7(8-2-4-9(12)5-3-8)15-11(17)10-13-6-14-16-10/h2-7H,1H3,(H,15,17)(H,13,14,16). The minimum Gasteiger partial charge on any atom is -0.343 e. The van der Waals surface area contributed by atoms with Crippen molar-refractivity contribution in [3.05, 3.63) is 47.0 Å². The fraction of sp³-hybridized carbons (Fsp3) is 0.182. The second-order valence-electron chi connectivity index (χ2n) is 3.58. The van der Waals surface area contributed by atoms with Gasteiger partial charge in [-0.05, 0) is 24.6 Å². The van der Waals surface area contributed by atoms with Crippen molar-refractivity contribution >= 4 is 17.5 Å². The maximum absolute atomic E-state index is 11.7. The number of carbonyl (C=O) groups is 1. The molecule has 0 saturated heterocycles. The summed E-state index contributed by atoms with van der Waals surface area (Å²) in [5.74, 6) is -0.0873. The third-order valence-corrected chi connectivity index (χ3v) is 2.60. The molecule has 1 amide bonds. The van der Waals surface area contributed by atoms with Crippen LogP contribution in [-0.4, -0.2) is 21.1 Å². The topological polar surface area (TPSA) is 70.7 Å². The SMILES string of the molecule is CC(NC(=O)c1ncn[nH]1)c1ccc(Cl)cc1. The molecule has 1 aromatic carbocycles. The molecule has 0 saturated carbocycles. The van der Waals surface area contributed by atoms with E-state index in [0.29, 0.717) is 5.02 Å². The van der Waals surface area contributed by atoms with Crippen molar-refractivity contribution in [2.75, 3.05) is 0 Å². The smallest absolute Gasteiger partial charge is 0.289 e. The van der Waals surface area contributed by atoms with E-state index < -0.39 is 0 Å². The summed E-state index contributed by atoms with van der Waals surface area (Å²) in [4.78, 5) is 15.5. The van der Waals surface area contributed by atoms with Crippen LogP contribution in [0, 0.1) is 0 Å². The van der Waals surface area contributed by atoms with E-state index in [1.165, 1.54) is 6.33 Å². The molecule has 2 rings (SSSR count). The highest BCUT2D eigenvalue weighted by molar-refractivity contribution is 6.30. The molecule has 5 nitrogen and oxygen atoms in total. The second-order valence-corrected chi connectivity index (χ2v) is 4.02. The maximum atomic E-state index is 11.7. The quantitative estimate of drug-likeness (QED) is 0.875. The number of amides is 1. The van der Waals surface area contributed by atoms with Gasteiger partial charge in [0.2, 0.25) is 5.82 Å². The largest absolute Gasteiger partial charge is 0.343 e. The van der Waals surface area contributed by atoms with E-state index in [2.05, 4.69) is 20.5 Å². The molecule has 6 heteroatoms. The Hall–Kier alpha value is -1.88. The summed E-state index contributed by atoms with van der Waals surface area (Å²) in [6.45, 7) is 1.89. The van der Waals surface area contributed by atoms with E-state index in [1.807, 2.05) is 19.1 Å². The summed E-state index contributed by atoms with van der Waals surface area (Å²) in [6, 6.07) is 7.19. The number of nitrogens with one attached hydrogen (secondary N) is 2. The van der Waals surface area contributed by atoms with Crippen LogP contribution in [0.4, 0.5) is 0 Å². The van der Waals surface area contributed by atoms with Crippen molar-refractivity contribution < 1.29 is 4.79 Å². The Bertz CT molecular complexity index is 495. The van der Waals surface area contributed by atoms with Crippen molar-refractivity contribution in [3.8, 4) is 0 Å². The zero-order valence-electron chi connectivity index (χ0n) is 9.14. The van der Waals surface area contributed by atoms with Gasteiger partial charge in [-0.15, -0.1) is 0 Å². The number of H-pyrrole nitrogens is 1. The van der Waals surface area contributed by atoms with E-state index in [-0.39, 0.29) is 17.8 Å². The Kier molecular flexibility index (Phi) is 3.39. The van der Waals surface area contributed by atoms with Crippen LogP contribution in [0.1, 0.15) is 29.1 Å². The van der Waals surface area contributed by atoms with Crippen molar-refractivity contribution in [1.82, 2.24) is 20.5 Å². The molecular formula is C11H11ClN4O. The van der Waals surface area contributed by atoms with Crippen LogP contribution >= 0.6 is 11.6 Å². The molecule has 88 valence electrons. The maximum Gasteiger partial charge on any atom is 0.289 e. The molecule has 1 heterocycles. The zero-order valence-corrected chi connectivity index (χ0v) is 9.90. The zero-order chi connectivity index (χ0) is 12.3. The third-order valence-electron chi connectivity index (χ3n) is 2.35. The number of benzene rings is 1. The number of aromatic amines is 1. The Balaban J connectivity index is 2.04. The van der Waals surface area contributed by atoms with Gasteiger partial charge >= 0.3 is 0 Å². The average molecular weight is 251 g/mol. The third kappa shape index (κ3) is 2.82. The van der Waals surface area contributed by atoms with Crippen LogP contribution in [0.15, 0.2) is 30.6 Å². The van der Waals surface area contributed by atoms with Gasteiger partial charge in [0.1, 0.15) is 6.33 Å². The Morgan fingerprint density at radius 2 is 2.12 bits per heavy atom. The molecule has 0 spiro atoms. The van der Waals surface area contributed by atoms with E-state index in [9.17, 15) is 4.79 Å². The normalized spacial score (nSPS) is 12.1. The van der Waals surface area contributed by atoms with Crippen LogP contribution in [0.3, 0.4) is 0 Å². The van der Waals surface area contributed by atoms with Crippen LogP contribution in [0.2, 0.25) is 5.02 Å². The van der Waals surface area contributed by atoms with Crippen LogP contribution in [0.5, 0.6) is 0 Å². The summed E-state index contributed by atoms with van der Waals surface area (Å²) < 4.78 is 0. The first-order valence-electron chi connectivity index (χ1n) is 5.08. The summed E-state index contributed by atoms with van der Waals surface area (Å²) in [5.41, 5.74) is 0.974. The molecule has 1 atom stereocenters. The summed E-state index contributed by atoms with van der Waals surface area (Å²) in [6.07, 6.45) is 1.29. The fourth-order valence-corrected chi connectivity index (χ4v) is 1.54. The minimum absolute atomic E-state index is 0.120. The number of aromatic nitrogens is 3. The first-order valence-corrected chi connectivity index (χ1v) is 5.46. The molecule has 2 aromatic rings. The van der Waals surface area contributed by atoms with Gasteiger partial charge in [-0.25, -0.2) is 4.98 Å². The molecule has 0 fully saturated rings. The van der Waals surface area contributed by atoms with Crippen LogP contribution in [-0.2, 0) is 0 Å². The Morgan fingerprint density at radius 3 is 2.71 bits per heavy atom. The molecule has 0 aliphatic carbocycles.